The molecule has 3 heteroatoms. The van der Waals surface area contributed by atoms with Gasteiger partial charge >= 0.3 is 0 Å². The van der Waals surface area contributed by atoms with E-state index in [1.54, 1.807) is 6.92 Å². The molecule has 3 fully saturated rings. The minimum atomic E-state index is 0.0943. The van der Waals surface area contributed by atoms with Gasteiger partial charge in [0.25, 0.3) is 0 Å². The van der Waals surface area contributed by atoms with E-state index < -0.39 is 0 Å². The maximum Gasteiger partial charge on any atom is 0.146 e. The first-order valence-corrected chi connectivity index (χ1v) is 6.34. The van der Waals surface area contributed by atoms with Crippen LogP contribution in [0, 0.1) is 17.8 Å². The Balaban J connectivity index is 1.72. The lowest BCUT2D eigenvalue weighted by Crippen LogP contribution is -2.47. The van der Waals surface area contributed by atoms with E-state index in [9.17, 15) is 4.79 Å². The van der Waals surface area contributed by atoms with E-state index >= 15 is 0 Å². The molecule has 0 amide bonds. The molecule has 16 heavy (non-hydrogen) atoms. The average Bonchev–Trinajstić information content (AvgIpc) is 2.97. The van der Waals surface area contributed by atoms with Crippen molar-refractivity contribution in [1.29, 1.82) is 0 Å². The van der Waals surface area contributed by atoms with E-state index in [4.69, 9.17) is 0 Å². The second-order valence-electron chi connectivity index (χ2n) is 6.39. The Hall–Kier alpha value is -0.410. The standard InChI is InChI=1S/C13H22N2O/c1-7-8(2)13-11(7)12(13,14-13)6-10(9(3)16)15(4)5/h7-8,10-11,14H,6H2,1-5H3/t7?,8?,10?,11?,12?,13-/m1/s1. The van der Waals surface area contributed by atoms with Crippen molar-refractivity contribution < 1.29 is 4.79 Å². The molecule has 6 atom stereocenters. The van der Waals surface area contributed by atoms with Crippen molar-refractivity contribution in [3.63, 3.8) is 0 Å². The quantitative estimate of drug-likeness (QED) is 0.718. The summed E-state index contributed by atoms with van der Waals surface area (Å²) in [4.78, 5) is 13.7. The van der Waals surface area contributed by atoms with E-state index in [0.717, 1.165) is 24.2 Å². The molecule has 0 aromatic carbocycles. The summed E-state index contributed by atoms with van der Waals surface area (Å²) in [6, 6.07) is 0.0943. The monoisotopic (exact) mass is 222 g/mol. The van der Waals surface area contributed by atoms with Crippen molar-refractivity contribution in [1.82, 2.24) is 10.2 Å². The van der Waals surface area contributed by atoms with E-state index in [2.05, 4.69) is 24.1 Å². The smallest absolute Gasteiger partial charge is 0.146 e. The molecular formula is C13H22N2O. The van der Waals surface area contributed by atoms with Gasteiger partial charge in [0.05, 0.1) is 6.04 Å². The summed E-state index contributed by atoms with van der Waals surface area (Å²) >= 11 is 0. The van der Waals surface area contributed by atoms with Gasteiger partial charge in [0.1, 0.15) is 5.78 Å². The van der Waals surface area contributed by atoms with Crippen molar-refractivity contribution in [2.75, 3.05) is 14.1 Å². The SMILES string of the molecule is CC(=O)C(CC12N[C@@]13C(C)C(C)C23)N(C)C. The fourth-order valence-corrected chi connectivity index (χ4v) is 4.60. The van der Waals surface area contributed by atoms with Crippen LogP contribution < -0.4 is 5.32 Å². The molecule has 0 aromatic heterocycles. The summed E-state index contributed by atoms with van der Waals surface area (Å²) in [6.07, 6.45) is 1.01. The molecule has 1 heterocycles. The zero-order chi connectivity index (χ0) is 11.9. The minimum absolute atomic E-state index is 0.0943. The Bertz CT molecular complexity index is 367. The van der Waals surface area contributed by atoms with Crippen molar-refractivity contribution in [2.45, 2.75) is 44.3 Å². The summed E-state index contributed by atoms with van der Waals surface area (Å²) in [5.41, 5.74) is 0.794. The topological polar surface area (TPSA) is 42.3 Å². The first kappa shape index (κ1) is 10.7. The minimum Gasteiger partial charge on any atom is -0.301 e. The maximum absolute atomic E-state index is 11.6. The third-order valence-corrected chi connectivity index (χ3v) is 5.68. The van der Waals surface area contributed by atoms with Gasteiger partial charge in [0, 0.05) is 17.0 Å². The number of rotatable bonds is 4. The number of likely N-dealkylation sites (N-methyl/N-ethyl adjacent to an activating group) is 1. The zero-order valence-electron chi connectivity index (χ0n) is 10.9. The van der Waals surface area contributed by atoms with Gasteiger partial charge in [-0.25, -0.2) is 0 Å². The number of piperidine rings is 1. The molecular weight excluding hydrogens is 200 g/mol. The highest BCUT2D eigenvalue weighted by atomic mass is 16.1. The predicted octanol–water partition coefficient (Wildman–Crippen LogP) is 0.892. The van der Waals surface area contributed by atoms with Crippen LogP contribution in [0.5, 0.6) is 0 Å². The van der Waals surface area contributed by atoms with Gasteiger partial charge in [-0.15, -0.1) is 0 Å². The van der Waals surface area contributed by atoms with Crippen LogP contribution in [0.1, 0.15) is 27.2 Å². The molecule has 1 aliphatic heterocycles. The normalized spacial score (nSPS) is 53.8. The Morgan fingerprint density at radius 3 is 2.44 bits per heavy atom. The molecule has 1 spiro atoms. The van der Waals surface area contributed by atoms with Crippen LogP contribution >= 0.6 is 0 Å². The lowest BCUT2D eigenvalue weighted by molar-refractivity contribution is -0.121. The summed E-state index contributed by atoms with van der Waals surface area (Å²) in [7, 11) is 4.02. The highest BCUT2D eigenvalue weighted by Crippen LogP contribution is 2.85. The van der Waals surface area contributed by atoms with Crippen LogP contribution in [0.25, 0.3) is 0 Å². The van der Waals surface area contributed by atoms with Gasteiger partial charge in [-0.3, -0.25) is 9.69 Å². The highest BCUT2D eigenvalue weighted by molar-refractivity contribution is 5.82. The van der Waals surface area contributed by atoms with Crippen LogP contribution in [-0.4, -0.2) is 41.9 Å². The summed E-state index contributed by atoms with van der Waals surface area (Å²) in [6.45, 7) is 6.42. The Labute approximate surface area is 97.6 Å². The Morgan fingerprint density at radius 2 is 2.06 bits per heavy atom. The Kier molecular flexibility index (Phi) is 1.81. The predicted molar refractivity (Wildman–Crippen MR) is 63.2 cm³/mol. The molecule has 3 rings (SSSR count). The van der Waals surface area contributed by atoms with Crippen molar-refractivity contribution in [3.05, 3.63) is 0 Å². The number of Topliss-reactive ketones (excluding diaryl/α,β-unsaturated/α-hetero) is 1. The molecule has 5 unspecified atom stereocenters. The zero-order valence-corrected chi connectivity index (χ0v) is 10.9. The van der Waals surface area contributed by atoms with Gasteiger partial charge in [-0.2, -0.15) is 0 Å². The number of fused-ring (bicyclic) bond motifs is 1. The molecule has 0 radical (unpaired) electrons. The van der Waals surface area contributed by atoms with E-state index in [1.807, 2.05) is 14.1 Å². The van der Waals surface area contributed by atoms with E-state index in [0.29, 0.717) is 16.9 Å². The number of hydrogen-bond donors (Lipinski definition) is 1. The molecule has 2 saturated carbocycles. The van der Waals surface area contributed by atoms with Gasteiger partial charge in [0.15, 0.2) is 0 Å². The highest BCUT2D eigenvalue weighted by Gasteiger charge is 2.99. The van der Waals surface area contributed by atoms with Crippen LogP contribution in [0.4, 0.5) is 0 Å². The fourth-order valence-electron chi connectivity index (χ4n) is 4.60. The summed E-state index contributed by atoms with van der Waals surface area (Å²) < 4.78 is 0. The van der Waals surface area contributed by atoms with Crippen LogP contribution in [0.3, 0.4) is 0 Å². The second-order valence-corrected chi connectivity index (χ2v) is 6.39. The first-order valence-electron chi connectivity index (χ1n) is 6.34. The van der Waals surface area contributed by atoms with Crippen molar-refractivity contribution in [2.24, 2.45) is 17.8 Å². The van der Waals surface area contributed by atoms with E-state index in [-0.39, 0.29) is 6.04 Å². The van der Waals surface area contributed by atoms with Crippen molar-refractivity contribution in [3.8, 4) is 0 Å². The molecule has 90 valence electrons. The fraction of sp³-hybridized carbons (Fsp3) is 0.923. The summed E-state index contributed by atoms with van der Waals surface area (Å²) in [5.74, 6) is 2.80. The molecule has 2 aliphatic carbocycles. The molecule has 1 saturated heterocycles. The van der Waals surface area contributed by atoms with Crippen LogP contribution in [0.15, 0.2) is 0 Å². The number of hydrogen-bond acceptors (Lipinski definition) is 3. The van der Waals surface area contributed by atoms with Gasteiger partial charge < -0.3 is 5.32 Å². The lowest BCUT2D eigenvalue weighted by Gasteiger charge is -2.38. The maximum atomic E-state index is 11.6. The third-order valence-electron chi connectivity index (χ3n) is 5.68. The van der Waals surface area contributed by atoms with Gasteiger partial charge in [-0.1, -0.05) is 13.8 Å². The van der Waals surface area contributed by atoms with E-state index in [1.165, 1.54) is 0 Å². The van der Waals surface area contributed by atoms with Crippen molar-refractivity contribution >= 4 is 5.78 Å². The van der Waals surface area contributed by atoms with Crippen LogP contribution in [-0.2, 0) is 4.79 Å². The number of nitrogens with one attached hydrogen (secondary N) is 1. The number of nitrogens with zero attached hydrogens (tertiary/aromatic N) is 1. The third kappa shape index (κ3) is 0.876. The molecule has 0 aromatic rings. The van der Waals surface area contributed by atoms with Gasteiger partial charge in [-0.05, 0) is 39.3 Å². The molecule has 3 nitrogen and oxygen atoms in total. The van der Waals surface area contributed by atoms with Crippen LogP contribution in [0.2, 0.25) is 0 Å². The first-order chi connectivity index (χ1) is 7.38. The van der Waals surface area contributed by atoms with Gasteiger partial charge in [0.2, 0.25) is 0 Å². The molecule has 1 N–H and O–H groups in total. The average molecular weight is 222 g/mol. The number of carbonyl (C=O) groups excluding carboxylic acids is 1. The largest absolute Gasteiger partial charge is 0.301 e. The number of carbonyl (C=O) groups is 1. The summed E-state index contributed by atoms with van der Waals surface area (Å²) in [5, 5.41) is 3.66. The number of ketones is 1. The Morgan fingerprint density at radius 1 is 1.44 bits per heavy atom. The molecule has 3 aliphatic rings. The lowest BCUT2D eigenvalue weighted by atomic mass is 9.72. The second kappa shape index (κ2) is 2.70. The molecule has 0 bridgehead atoms.